The first-order valence-electron chi connectivity index (χ1n) is 7.61. The summed E-state index contributed by atoms with van der Waals surface area (Å²) in [7, 11) is 0. The maximum absolute atomic E-state index is 3.79. The van der Waals surface area contributed by atoms with Crippen LogP contribution in [0.5, 0.6) is 0 Å². The molecule has 0 fully saturated rings. The third-order valence-corrected chi connectivity index (χ3v) is 4.28. The summed E-state index contributed by atoms with van der Waals surface area (Å²) in [6, 6.07) is 11.3. The molecule has 108 valence electrons. The number of rotatable bonds is 7. The van der Waals surface area contributed by atoms with Gasteiger partial charge in [-0.1, -0.05) is 71.9 Å². The summed E-state index contributed by atoms with van der Waals surface area (Å²) in [6.07, 6.45) is 1.19. The molecule has 0 aliphatic rings. The third kappa shape index (κ3) is 5.36. The fraction of sp³-hybridized carbons (Fsp3) is 0.667. The lowest BCUT2D eigenvalue weighted by atomic mass is 9.80. The molecule has 0 bridgehead atoms. The lowest BCUT2D eigenvalue weighted by molar-refractivity contribution is 0.223. The minimum Gasteiger partial charge on any atom is -0.309 e. The summed E-state index contributed by atoms with van der Waals surface area (Å²) in [5, 5.41) is 3.79. The lowest BCUT2D eigenvalue weighted by Crippen LogP contribution is -2.36. The standard InChI is InChI=1S/C18H31N/c1-14(2)12-17(16-10-8-7-9-11-16)19-13-18(5,6)15(3)4/h7-11,14-15,17,19H,12-13H2,1-6H3. The van der Waals surface area contributed by atoms with Gasteiger partial charge in [-0.3, -0.25) is 0 Å². The van der Waals surface area contributed by atoms with Crippen molar-refractivity contribution in [3.63, 3.8) is 0 Å². The van der Waals surface area contributed by atoms with Gasteiger partial charge in [-0.25, -0.2) is 0 Å². The topological polar surface area (TPSA) is 12.0 Å². The van der Waals surface area contributed by atoms with E-state index in [9.17, 15) is 0 Å². The van der Waals surface area contributed by atoms with Gasteiger partial charge in [-0.2, -0.15) is 0 Å². The molecule has 1 rings (SSSR count). The molecule has 0 spiro atoms. The molecule has 1 aromatic carbocycles. The number of hydrogen-bond donors (Lipinski definition) is 1. The van der Waals surface area contributed by atoms with E-state index in [0.29, 0.717) is 23.3 Å². The van der Waals surface area contributed by atoms with Gasteiger partial charge < -0.3 is 5.32 Å². The Morgan fingerprint density at radius 2 is 1.58 bits per heavy atom. The second kappa shape index (κ2) is 7.09. The van der Waals surface area contributed by atoms with E-state index < -0.39 is 0 Å². The Labute approximate surface area is 119 Å². The Morgan fingerprint density at radius 3 is 2.05 bits per heavy atom. The number of nitrogens with one attached hydrogen (secondary N) is 1. The largest absolute Gasteiger partial charge is 0.309 e. The first-order chi connectivity index (χ1) is 8.83. The van der Waals surface area contributed by atoms with Gasteiger partial charge >= 0.3 is 0 Å². The summed E-state index contributed by atoms with van der Waals surface area (Å²) in [6.45, 7) is 15.0. The highest BCUT2D eigenvalue weighted by molar-refractivity contribution is 5.19. The minimum absolute atomic E-state index is 0.337. The summed E-state index contributed by atoms with van der Waals surface area (Å²) in [5.74, 6) is 1.40. The lowest BCUT2D eigenvalue weighted by Gasteiger charge is -2.32. The van der Waals surface area contributed by atoms with Crippen LogP contribution in [0, 0.1) is 17.3 Å². The van der Waals surface area contributed by atoms with Crippen LogP contribution in [0.4, 0.5) is 0 Å². The molecule has 0 aliphatic heterocycles. The van der Waals surface area contributed by atoms with Gasteiger partial charge in [0.15, 0.2) is 0 Å². The Kier molecular flexibility index (Phi) is 6.06. The predicted molar refractivity (Wildman–Crippen MR) is 85.3 cm³/mol. The van der Waals surface area contributed by atoms with Crippen molar-refractivity contribution in [1.82, 2.24) is 5.32 Å². The van der Waals surface area contributed by atoms with Crippen molar-refractivity contribution < 1.29 is 0 Å². The average molecular weight is 261 g/mol. The summed E-state index contributed by atoms with van der Waals surface area (Å²) in [4.78, 5) is 0. The molecule has 0 saturated carbocycles. The van der Waals surface area contributed by atoms with Crippen molar-refractivity contribution in [2.24, 2.45) is 17.3 Å². The van der Waals surface area contributed by atoms with E-state index >= 15 is 0 Å². The zero-order valence-electron chi connectivity index (χ0n) is 13.5. The highest BCUT2D eigenvalue weighted by atomic mass is 14.9. The molecule has 0 heterocycles. The zero-order chi connectivity index (χ0) is 14.5. The molecule has 0 radical (unpaired) electrons. The van der Waals surface area contributed by atoms with Crippen molar-refractivity contribution in [2.45, 2.75) is 54.0 Å². The van der Waals surface area contributed by atoms with E-state index in [0.717, 1.165) is 6.54 Å². The van der Waals surface area contributed by atoms with Gasteiger partial charge in [-0.15, -0.1) is 0 Å². The van der Waals surface area contributed by atoms with Crippen molar-refractivity contribution >= 4 is 0 Å². The molecule has 1 N–H and O–H groups in total. The molecule has 1 nitrogen and oxygen atoms in total. The van der Waals surface area contributed by atoms with Crippen LogP contribution in [0.25, 0.3) is 0 Å². The van der Waals surface area contributed by atoms with E-state index in [-0.39, 0.29) is 0 Å². The van der Waals surface area contributed by atoms with E-state index in [2.05, 4.69) is 77.2 Å². The molecule has 0 saturated heterocycles. The van der Waals surface area contributed by atoms with Crippen molar-refractivity contribution in [3.8, 4) is 0 Å². The maximum Gasteiger partial charge on any atom is 0.0322 e. The van der Waals surface area contributed by atoms with Gasteiger partial charge in [0, 0.05) is 12.6 Å². The van der Waals surface area contributed by atoms with Gasteiger partial charge in [-0.05, 0) is 29.2 Å². The first-order valence-corrected chi connectivity index (χ1v) is 7.61. The smallest absolute Gasteiger partial charge is 0.0322 e. The molecule has 0 amide bonds. The van der Waals surface area contributed by atoms with Gasteiger partial charge in [0.25, 0.3) is 0 Å². The van der Waals surface area contributed by atoms with E-state index in [4.69, 9.17) is 0 Å². The van der Waals surface area contributed by atoms with Crippen molar-refractivity contribution in [2.75, 3.05) is 6.54 Å². The van der Waals surface area contributed by atoms with E-state index in [1.54, 1.807) is 0 Å². The Hall–Kier alpha value is -0.820. The molecule has 1 unspecified atom stereocenters. The number of hydrogen-bond acceptors (Lipinski definition) is 1. The Balaban J connectivity index is 2.71. The summed E-state index contributed by atoms with van der Waals surface area (Å²) >= 11 is 0. The van der Waals surface area contributed by atoms with Gasteiger partial charge in [0.05, 0.1) is 0 Å². The molecule has 0 aliphatic carbocycles. The van der Waals surface area contributed by atoms with Crippen LogP contribution in [0.2, 0.25) is 0 Å². The predicted octanol–water partition coefficient (Wildman–Crippen LogP) is 5.05. The van der Waals surface area contributed by atoms with Crippen LogP contribution in [0.1, 0.15) is 59.6 Å². The number of benzene rings is 1. The molecule has 1 atom stereocenters. The summed E-state index contributed by atoms with van der Waals surface area (Å²) in [5.41, 5.74) is 1.75. The normalized spacial score (nSPS) is 14.1. The monoisotopic (exact) mass is 261 g/mol. The van der Waals surface area contributed by atoms with Crippen LogP contribution in [-0.2, 0) is 0 Å². The SMILES string of the molecule is CC(C)CC(NCC(C)(C)C(C)C)c1ccccc1. The highest BCUT2D eigenvalue weighted by Crippen LogP contribution is 2.27. The maximum atomic E-state index is 3.79. The average Bonchev–Trinajstić information content (AvgIpc) is 2.35. The molecular weight excluding hydrogens is 230 g/mol. The zero-order valence-corrected chi connectivity index (χ0v) is 13.5. The van der Waals surface area contributed by atoms with Gasteiger partial charge in [0.2, 0.25) is 0 Å². The third-order valence-electron chi connectivity index (χ3n) is 4.28. The first kappa shape index (κ1) is 16.2. The van der Waals surface area contributed by atoms with Crippen molar-refractivity contribution in [1.29, 1.82) is 0 Å². The van der Waals surface area contributed by atoms with Crippen LogP contribution >= 0.6 is 0 Å². The van der Waals surface area contributed by atoms with Crippen LogP contribution in [0.15, 0.2) is 30.3 Å². The Morgan fingerprint density at radius 1 is 1.00 bits per heavy atom. The second-order valence-corrected chi connectivity index (χ2v) is 7.12. The molecule has 1 aromatic rings. The van der Waals surface area contributed by atoms with Crippen LogP contribution < -0.4 is 5.32 Å². The fourth-order valence-electron chi connectivity index (χ4n) is 2.08. The Bertz CT molecular complexity index is 351. The van der Waals surface area contributed by atoms with Gasteiger partial charge in [0.1, 0.15) is 0 Å². The van der Waals surface area contributed by atoms with E-state index in [1.807, 2.05) is 0 Å². The van der Waals surface area contributed by atoms with Crippen molar-refractivity contribution in [3.05, 3.63) is 35.9 Å². The van der Waals surface area contributed by atoms with Crippen LogP contribution in [-0.4, -0.2) is 6.54 Å². The second-order valence-electron chi connectivity index (χ2n) is 7.12. The summed E-state index contributed by atoms with van der Waals surface area (Å²) < 4.78 is 0. The molecule has 0 aromatic heterocycles. The fourth-order valence-corrected chi connectivity index (χ4v) is 2.08. The van der Waals surface area contributed by atoms with E-state index in [1.165, 1.54) is 12.0 Å². The highest BCUT2D eigenvalue weighted by Gasteiger charge is 2.24. The molecule has 19 heavy (non-hydrogen) atoms. The molecular formula is C18H31N. The van der Waals surface area contributed by atoms with Crippen LogP contribution in [0.3, 0.4) is 0 Å². The quantitative estimate of drug-likeness (QED) is 0.724. The molecule has 1 heteroatoms. The minimum atomic E-state index is 0.337.